The average Bonchev–Trinajstić information content (AvgIpc) is 2.44. The Morgan fingerprint density at radius 2 is 1.96 bits per heavy atom. The standard InChI is InChI=1S/C12H13N5O5S/c1-4(11(21)22)13-6(18)3-2-5-9(19)15-8-7(14-5)10(20)17-12(23)16-8/h4H,2-3H2,1H3,(H,13,18)(H,21,22)(H3,15,16,17,19,20,23). The van der Waals surface area contributed by atoms with Gasteiger partial charge in [-0.1, -0.05) is 0 Å². The summed E-state index contributed by atoms with van der Waals surface area (Å²) in [7, 11) is 0. The van der Waals surface area contributed by atoms with Crippen LogP contribution in [0, 0.1) is 4.77 Å². The lowest BCUT2D eigenvalue weighted by Gasteiger charge is -2.08. The fraction of sp³-hybridized carbons (Fsp3) is 0.333. The number of hydrogen-bond donors (Lipinski definition) is 5. The van der Waals surface area contributed by atoms with E-state index in [-0.39, 0.29) is 34.5 Å². The Labute approximate surface area is 133 Å². The number of carboxylic acid groups (broad SMARTS) is 1. The molecule has 0 aliphatic heterocycles. The Morgan fingerprint density at radius 1 is 1.26 bits per heavy atom. The third kappa shape index (κ3) is 3.88. The lowest BCUT2D eigenvalue weighted by Crippen LogP contribution is -2.38. The van der Waals surface area contributed by atoms with Crippen LogP contribution < -0.4 is 16.4 Å². The smallest absolute Gasteiger partial charge is 0.325 e. The topological polar surface area (TPSA) is 161 Å². The number of rotatable bonds is 5. The highest BCUT2D eigenvalue weighted by atomic mass is 32.1. The summed E-state index contributed by atoms with van der Waals surface area (Å²) in [4.78, 5) is 57.2. The van der Waals surface area contributed by atoms with Gasteiger partial charge in [-0.15, -0.1) is 0 Å². The molecule has 0 fully saturated rings. The first kappa shape index (κ1) is 16.5. The molecule has 0 aromatic carbocycles. The number of carbonyl (C=O) groups is 2. The number of aromatic nitrogens is 4. The summed E-state index contributed by atoms with van der Waals surface area (Å²) in [5, 5.41) is 11.0. The molecular formula is C12H13N5O5S. The van der Waals surface area contributed by atoms with E-state index in [9.17, 15) is 19.2 Å². The molecule has 2 rings (SSSR count). The van der Waals surface area contributed by atoms with Crippen LogP contribution in [-0.4, -0.2) is 43.0 Å². The molecule has 2 heterocycles. The maximum atomic E-state index is 11.9. The van der Waals surface area contributed by atoms with Crippen LogP contribution in [0.3, 0.4) is 0 Å². The number of H-pyrrole nitrogens is 3. The second-order valence-electron chi connectivity index (χ2n) is 4.77. The zero-order valence-corrected chi connectivity index (χ0v) is 12.7. The number of carbonyl (C=O) groups excluding carboxylic acids is 1. The van der Waals surface area contributed by atoms with Crippen molar-refractivity contribution in [3.63, 3.8) is 0 Å². The van der Waals surface area contributed by atoms with Crippen molar-refractivity contribution in [3.05, 3.63) is 31.2 Å². The number of aromatic amines is 3. The summed E-state index contributed by atoms with van der Waals surface area (Å²) >= 11 is 4.79. The van der Waals surface area contributed by atoms with E-state index in [1.54, 1.807) is 0 Å². The van der Waals surface area contributed by atoms with Gasteiger partial charge in [0.1, 0.15) is 17.4 Å². The molecule has 23 heavy (non-hydrogen) atoms. The lowest BCUT2D eigenvalue weighted by molar-refractivity contribution is -0.141. The van der Waals surface area contributed by atoms with Gasteiger partial charge < -0.3 is 20.4 Å². The van der Waals surface area contributed by atoms with Crippen molar-refractivity contribution in [3.8, 4) is 0 Å². The van der Waals surface area contributed by atoms with E-state index in [0.717, 1.165) is 0 Å². The van der Waals surface area contributed by atoms with Crippen LogP contribution in [0.4, 0.5) is 0 Å². The Balaban J connectivity index is 2.21. The van der Waals surface area contributed by atoms with Crippen molar-refractivity contribution in [2.45, 2.75) is 25.8 Å². The van der Waals surface area contributed by atoms with Crippen molar-refractivity contribution >= 4 is 35.3 Å². The molecule has 0 saturated carbocycles. The first-order valence-corrected chi connectivity index (χ1v) is 6.96. The van der Waals surface area contributed by atoms with Crippen LogP contribution >= 0.6 is 12.2 Å². The van der Waals surface area contributed by atoms with Crippen molar-refractivity contribution in [1.29, 1.82) is 0 Å². The average molecular weight is 339 g/mol. The van der Waals surface area contributed by atoms with Gasteiger partial charge in [-0.2, -0.15) is 0 Å². The van der Waals surface area contributed by atoms with Gasteiger partial charge >= 0.3 is 5.97 Å². The molecule has 1 atom stereocenters. The summed E-state index contributed by atoms with van der Waals surface area (Å²) in [5.41, 5.74) is -1.08. The predicted octanol–water partition coefficient (Wildman–Crippen LogP) is -0.809. The number of aliphatic carboxylic acids is 1. The van der Waals surface area contributed by atoms with E-state index >= 15 is 0 Å². The van der Waals surface area contributed by atoms with Crippen LogP contribution in [0.5, 0.6) is 0 Å². The first-order valence-electron chi connectivity index (χ1n) is 6.55. The van der Waals surface area contributed by atoms with E-state index in [4.69, 9.17) is 17.3 Å². The molecule has 1 unspecified atom stereocenters. The van der Waals surface area contributed by atoms with Gasteiger partial charge in [0.2, 0.25) is 5.91 Å². The molecule has 0 aliphatic carbocycles. The fourth-order valence-corrected chi connectivity index (χ4v) is 2.02. The first-order chi connectivity index (χ1) is 10.8. The third-order valence-electron chi connectivity index (χ3n) is 3.00. The maximum absolute atomic E-state index is 11.9. The van der Waals surface area contributed by atoms with Crippen molar-refractivity contribution in [2.24, 2.45) is 0 Å². The SMILES string of the molecule is CC(NC(=O)CCc1nc2c(=O)[nH]c(=S)[nH]c2[nH]c1=O)C(=O)O. The van der Waals surface area contributed by atoms with Gasteiger partial charge in [0.05, 0.1) is 0 Å². The Morgan fingerprint density at radius 3 is 2.61 bits per heavy atom. The molecule has 122 valence electrons. The highest BCUT2D eigenvalue weighted by molar-refractivity contribution is 7.71. The van der Waals surface area contributed by atoms with Crippen LogP contribution in [0.25, 0.3) is 11.2 Å². The Bertz CT molecular complexity index is 943. The molecule has 0 spiro atoms. The largest absolute Gasteiger partial charge is 0.480 e. The van der Waals surface area contributed by atoms with Crippen molar-refractivity contribution < 1.29 is 14.7 Å². The summed E-state index contributed by atoms with van der Waals surface area (Å²) in [6, 6.07) is -1.03. The molecule has 10 nitrogen and oxygen atoms in total. The predicted molar refractivity (Wildman–Crippen MR) is 81.7 cm³/mol. The number of nitrogens with zero attached hydrogens (tertiary/aromatic N) is 1. The number of aryl methyl sites for hydroxylation is 1. The highest BCUT2D eigenvalue weighted by Gasteiger charge is 2.15. The quantitative estimate of drug-likeness (QED) is 0.445. The van der Waals surface area contributed by atoms with Crippen molar-refractivity contribution in [1.82, 2.24) is 25.3 Å². The van der Waals surface area contributed by atoms with Crippen molar-refractivity contribution in [2.75, 3.05) is 0 Å². The third-order valence-corrected chi connectivity index (χ3v) is 3.21. The zero-order valence-electron chi connectivity index (χ0n) is 11.9. The maximum Gasteiger partial charge on any atom is 0.325 e. The molecule has 0 saturated heterocycles. The highest BCUT2D eigenvalue weighted by Crippen LogP contribution is 2.00. The monoisotopic (exact) mass is 339 g/mol. The number of fused-ring (bicyclic) bond motifs is 1. The number of nitrogens with one attached hydrogen (secondary N) is 4. The Kier molecular flexibility index (Phi) is 4.69. The van der Waals surface area contributed by atoms with Crippen LogP contribution in [-0.2, 0) is 16.0 Å². The fourth-order valence-electron chi connectivity index (χ4n) is 1.83. The summed E-state index contributed by atoms with van der Waals surface area (Å²) in [5.74, 6) is -1.70. The molecular weight excluding hydrogens is 326 g/mol. The van der Waals surface area contributed by atoms with E-state index in [1.165, 1.54) is 6.92 Å². The van der Waals surface area contributed by atoms with E-state index < -0.39 is 29.0 Å². The van der Waals surface area contributed by atoms with Gasteiger partial charge in [0.25, 0.3) is 11.1 Å². The molecule has 2 aromatic heterocycles. The lowest BCUT2D eigenvalue weighted by atomic mass is 10.2. The molecule has 2 aromatic rings. The van der Waals surface area contributed by atoms with Gasteiger partial charge in [-0.05, 0) is 19.1 Å². The molecule has 0 bridgehead atoms. The molecule has 11 heteroatoms. The number of carboxylic acids is 1. The van der Waals surface area contributed by atoms with Gasteiger partial charge in [0.15, 0.2) is 10.3 Å². The van der Waals surface area contributed by atoms with Gasteiger partial charge in [-0.25, -0.2) is 4.98 Å². The normalized spacial score (nSPS) is 12.0. The van der Waals surface area contributed by atoms with Crippen LogP contribution in [0.15, 0.2) is 9.59 Å². The van der Waals surface area contributed by atoms with E-state index in [1.807, 2.05) is 0 Å². The molecule has 5 N–H and O–H groups in total. The zero-order chi connectivity index (χ0) is 17.1. The number of amides is 1. The van der Waals surface area contributed by atoms with E-state index in [2.05, 4.69) is 25.3 Å². The summed E-state index contributed by atoms with van der Waals surface area (Å²) in [6.07, 6.45) is -0.182. The molecule has 1 amide bonds. The summed E-state index contributed by atoms with van der Waals surface area (Å²) in [6.45, 7) is 1.32. The second kappa shape index (κ2) is 6.52. The molecule has 0 radical (unpaired) electrons. The van der Waals surface area contributed by atoms with Crippen LogP contribution in [0.1, 0.15) is 19.0 Å². The van der Waals surface area contributed by atoms with Gasteiger partial charge in [0, 0.05) is 12.8 Å². The Hall–Kier alpha value is -2.82. The minimum absolute atomic E-state index is 0.00773. The van der Waals surface area contributed by atoms with E-state index in [0.29, 0.717) is 0 Å². The number of hydrogen-bond acceptors (Lipinski definition) is 6. The minimum atomic E-state index is -1.16. The van der Waals surface area contributed by atoms with Gasteiger partial charge in [-0.3, -0.25) is 24.2 Å². The van der Waals surface area contributed by atoms with Crippen LogP contribution in [0.2, 0.25) is 0 Å². The summed E-state index contributed by atoms with van der Waals surface area (Å²) < 4.78 is 0.0507. The minimum Gasteiger partial charge on any atom is -0.480 e. The second-order valence-corrected chi connectivity index (χ2v) is 5.18. The molecule has 0 aliphatic rings.